The van der Waals surface area contributed by atoms with Gasteiger partial charge in [-0.2, -0.15) is 4.58 Å². The van der Waals surface area contributed by atoms with Gasteiger partial charge in [-0.3, -0.25) is 4.98 Å². The second kappa shape index (κ2) is 16.8. The van der Waals surface area contributed by atoms with Crippen LogP contribution in [0.15, 0.2) is 35.1 Å². The van der Waals surface area contributed by atoms with Crippen molar-refractivity contribution in [1.82, 2.24) is 4.98 Å². The second-order valence-corrected chi connectivity index (χ2v) is 4.92. The first kappa shape index (κ1) is 22.0. The first-order valence-corrected chi connectivity index (χ1v) is 8.16. The van der Waals surface area contributed by atoms with Gasteiger partial charge in [-0.1, -0.05) is 33.3 Å². The van der Waals surface area contributed by atoms with Crippen molar-refractivity contribution < 1.29 is 9.37 Å². The summed E-state index contributed by atoms with van der Waals surface area (Å²) < 4.78 is 2.64. The highest BCUT2D eigenvalue weighted by Crippen LogP contribution is 2.07. The molecule has 0 N–H and O–H groups in total. The minimum Gasteiger partial charge on any atom is -0.263 e. The van der Waals surface area contributed by atoms with E-state index in [0.29, 0.717) is 6.54 Å². The summed E-state index contributed by atoms with van der Waals surface area (Å²) in [6, 6.07) is 2.02. The van der Waals surface area contributed by atoms with Gasteiger partial charge in [-0.25, -0.2) is 4.79 Å². The lowest BCUT2D eigenvalue weighted by atomic mass is 10.3. The lowest BCUT2D eigenvalue weighted by Gasteiger charge is -1.88. The Labute approximate surface area is 137 Å². The van der Waals surface area contributed by atoms with Gasteiger partial charge in [0.15, 0.2) is 6.54 Å². The summed E-state index contributed by atoms with van der Waals surface area (Å²) in [4.78, 5) is 14.2. The number of unbranched alkanes of at least 4 members (excludes halogenated alkanes) is 1. The normalized spacial score (nSPS) is 10.3. The van der Waals surface area contributed by atoms with Crippen LogP contribution in [0.25, 0.3) is 0 Å². The molecular weight excluding hydrogens is 328 g/mol. The van der Waals surface area contributed by atoms with Crippen LogP contribution in [0.5, 0.6) is 0 Å². The molecule has 0 aliphatic carbocycles. The molecule has 0 saturated heterocycles. The molecule has 0 aliphatic rings. The van der Waals surface area contributed by atoms with Crippen molar-refractivity contribution >= 4 is 28.6 Å². The fourth-order valence-corrected chi connectivity index (χ4v) is 1.69. The number of hydrogen-bond acceptors (Lipinski definition) is 2. The number of nitrogens with zero attached hydrogens (tertiary/aromatic N) is 2. The van der Waals surface area contributed by atoms with Gasteiger partial charge in [0.25, 0.3) is 0 Å². The molecule has 0 aromatic carbocycles. The summed E-state index contributed by atoms with van der Waals surface area (Å²) in [5.41, 5.74) is 1.18. The molecule has 0 radical (unpaired) electrons. The molecule has 1 heterocycles. The highest BCUT2D eigenvalue weighted by Gasteiger charge is 1.92. The number of carbonyl (C=O) groups excluding carboxylic acids is 1. The van der Waals surface area contributed by atoms with Gasteiger partial charge in [0, 0.05) is 23.8 Å². The van der Waals surface area contributed by atoms with Crippen LogP contribution in [0.2, 0.25) is 0 Å². The smallest absolute Gasteiger partial charge is 0.263 e. The van der Waals surface area contributed by atoms with Crippen molar-refractivity contribution in [3.63, 3.8) is 0 Å². The molecule has 1 rings (SSSR count). The van der Waals surface area contributed by atoms with E-state index in [0.717, 1.165) is 23.7 Å². The first-order chi connectivity index (χ1) is 10.1. The molecule has 21 heavy (non-hydrogen) atoms. The number of amides is 1. The maximum atomic E-state index is 10.3. The molecule has 0 aliphatic heterocycles. The van der Waals surface area contributed by atoms with E-state index in [1.165, 1.54) is 5.56 Å². The molecule has 1 amide bonds. The molecule has 0 bridgehead atoms. The van der Waals surface area contributed by atoms with Gasteiger partial charge < -0.3 is 0 Å². The summed E-state index contributed by atoms with van der Waals surface area (Å²) in [7, 11) is 0. The maximum absolute atomic E-state index is 10.3. The highest BCUT2D eigenvalue weighted by atomic mass is 79.9. The van der Waals surface area contributed by atoms with Crippen molar-refractivity contribution in [3.8, 4) is 0 Å². The summed E-state index contributed by atoms with van der Waals surface area (Å²) in [6.45, 7) is 10.7. The number of aromatic nitrogens is 1. The number of allylic oxidation sites excluding steroid dienone is 1. The summed E-state index contributed by atoms with van der Waals surface area (Å²) in [5.74, 6) is 0. The first-order valence-electron chi connectivity index (χ1n) is 7.36. The van der Waals surface area contributed by atoms with Crippen molar-refractivity contribution in [3.05, 3.63) is 40.6 Å². The molecule has 1 aromatic rings. The minimum absolute atomic E-state index is 0.694. The Morgan fingerprint density at radius 1 is 1.29 bits per heavy atom. The van der Waals surface area contributed by atoms with Crippen molar-refractivity contribution in [2.75, 3.05) is 6.54 Å². The summed E-state index contributed by atoms with van der Waals surface area (Å²) >= 11 is 3.30. The van der Waals surface area contributed by atoms with E-state index in [1.807, 2.05) is 46.0 Å². The lowest BCUT2D eigenvalue weighted by molar-refractivity contribution is -0.418. The van der Waals surface area contributed by atoms with E-state index in [-0.39, 0.29) is 0 Å². The number of hydrogen-bond donors (Lipinski definition) is 0. The zero-order valence-corrected chi connectivity index (χ0v) is 15.4. The Bertz CT molecular complexity index is 411. The molecule has 0 atom stereocenters. The van der Waals surface area contributed by atoms with E-state index < -0.39 is 0 Å². The number of halogens is 1. The highest BCUT2D eigenvalue weighted by molar-refractivity contribution is 9.10. The monoisotopic (exact) mass is 355 g/mol. The molecule has 0 unspecified atom stereocenters. The zero-order chi connectivity index (χ0) is 16.5. The largest absolute Gasteiger partial charge is 0.374 e. The maximum Gasteiger partial charge on any atom is 0.374 e. The number of pyridine rings is 1. The average molecular weight is 356 g/mol. The minimum atomic E-state index is 0.694. The number of aryl methyl sites for hydroxylation is 1. The number of carbonyl (C=O) groups is 1. The van der Waals surface area contributed by atoms with E-state index in [9.17, 15) is 4.79 Å². The van der Waals surface area contributed by atoms with Gasteiger partial charge in [0.1, 0.15) is 6.21 Å². The third-order valence-corrected chi connectivity index (χ3v) is 2.68. The topological polar surface area (TPSA) is 33.0 Å². The Hall–Kier alpha value is -1.29. The predicted molar refractivity (Wildman–Crippen MR) is 95.0 cm³/mol. The van der Waals surface area contributed by atoms with Crippen LogP contribution in [-0.4, -0.2) is 28.7 Å². The summed E-state index contributed by atoms with van der Waals surface area (Å²) in [6.07, 6.45) is 12.6. The molecule has 1 aromatic heterocycles. The van der Waals surface area contributed by atoms with Crippen molar-refractivity contribution in [2.24, 2.45) is 0 Å². The van der Waals surface area contributed by atoms with Crippen molar-refractivity contribution in [2.45, 2.75) is 47.5 Å². The molecule has 4 heteroatoms. The number of rotatable bonds is 5. The van der Waals surface area contributed by atoms with E-state index in [2.05, 4.69) is 33.9 Å². The van der Waals surface area contributed by atoms with E-state index in [4.69, 9.17) is 0 Å². The quantitative estimate of drug-likeness (QED) is 0.329. The van der Waals surface area contributed by atoms with Gasteiger partial charge in [0.05, 0.1) is 0 Å². The lowest BCUT2D eigenvalue weighted by Crippen LogP contribution is -2.08. The third-order valence-electron chi connectivity index (χ3n) is 2.25. The molecule has 0 saturated carbocycles. The van der Waals surface area contributed by atoms with Crippen LogP contribution in [0.4, 0.5) is 0 Å². The average Bonchev–Trinajstić information content (AvgIpc) is 2.50. The Morgan fingerprint density at radius 2 is 1.95 bits per heavy atom. The van der Waals surface area contributed by atoms with Gasteiger partial charge in [-0.05, 0) is 47.0 Å². The van der Waals surface area contributed by atoms with Gasteiger partial charge in [-0.15, -0.1) is 0 Å². The molecule has 3 nitrogen and oxygen atoms in total. The zero-order valence-electron chi connectivity index (χ0n) is 13.8. The third kappa shape index (κ3) is 14.9. The Kier molecular flexibility index (Phi) is 17.6. The Morgan fingerprint density at radius 3 is 2.33 bits per heavy atom. The molecule has 118 valence electrons. The van der Waals surface area contributed by atoms with E-state index in [1.54, 1.807) is 17.0 Å². The van der Waals surface area contributed by atoms with Crippen LogP contribution in [-0.2, 0) is 4.79 Å². The van der Waals surface area contributed by atoms with Gasteiger partial charge in [0.2, 0.25) is 0 Å². The van der Waals surface area contributed by atoms with Crippen LogP contribution in [0, 0.1) is 6.92 Å². The van der Waals surface area contributed by atoms with Crippen LogP contribution in [0.3, 0.4) is 0 Å². The fraction of sp³-hybridized carbons (Fsp3) is 0.471. The van der Waals surface area contributed by atoms with E-state index >= 15 is 0 Å². The van der Waals surface area contributed by atoms with Gasteiger partial charge >= 0.3 is 6.41 Å². The summed E-state index contributed by atoms with van der Waals surface area (Å²) in [5, 5.41) is 0. The fourth-order valence-electron chi connectivity index (χ4n) is 1.21. The van der Waals surface area contributed by atoms with Crippen LogP contribution >= 0.6 is 15.9 Å². The van der Waals surface area contributed by atoms with Crippen molar-refractivity contribution in [1.29, 1.82) is 0 Å². The molecular formula is C17H28BrN2O+. The molecule has 0 fully saturated rings. The predicted octanol–water partition coefficient (Wildman–Crippen LogP) is 4.78. The van der Waals surface area contributed by atoms with Crippen LogP contribution < -0.4 is 0 Å². The molecule has 0 spiro atoms. The Balaban J connectivity index is 0. The SMILES string of the molecule is CC.CC=[N+](C=O)CC=CCCC.Cc1cncc(Br)c1. The second-order valence-electron chi connectivity index (χ2n) is 4.00. The standard InChI is InChI=1S/C9H16NO.C6H6BrN.C2H6/c1-3-5-6-7-8-10(4-2)9-11;1-5-2-6(7)4-8-3-5;1-2/h4,6-7,9H,3,5,8H2,1-2H3;2-4H,1H3;1-2H3/q+1;;. The van der Waals surface area contributed by atoms with Crippen LogP contribution in [0.1, 0.15) is 46.1 Å².